The van der Waals surface area contributed by atoms with Crippen LogP contribution in [0.15, 0.2) is 48.7 Å². The van der Waals surface area contributed by atoms with Gasteiger partial charge in [0.15, 0.2) is 5.82 Å². The summed E-state index contributed by atoms with van der Waals surface area (Å²) in [6, 6.07) is 11.8. The summed E-state index contributed by atoms with van der Waals surface area (Å²) in [5, 5.41) is 15.2. The molecule has 8 nitrogen and oxygen atoms in total. The lowest BCUT2D eigenvalue weighted by atomic mass is 10.1. The molecule has 0 radical (unpaired) electrons. The number of hydrogen-bond donors (Lipinski definition) is 3. The van der Waals surface area contributed by atoms with E-state index in [0.29, 0.717) is 11.4 Å². The Labute approximate surface area is 184 Å². The van der Waals surface area contributed by atoms with Crippen molar-refractivity contribution >= 4 is 69.1 Å². The van der Waals surface area contributed by atoms with Crippen molar-refractivity contribution in [3.8, 4) is 5.75 Å². The van der Waals surface area contributed by atoms with Gasteiger partial charge in [0.1, 0.15) is 10.8 Å². The van der Waals surface area contributed by atoms with Crippen LogP contribution in [0.4, 0.5) is 23.1 Å². The highest BCUT2D eigenvalue weighted by atomic mass is 127. The van der Waals surface area contributed by atoms with Crippen LogP contribution in [-0.2, 0) is 4.79 Å². The summed E-state index contributed by atoms with van der Waals surface area (Å²) < 4.78 is 6.36. The van der Waals surface area contributed by atoms with E-state index in [1.807, 2.05) is 18.2 Å². The Hall–Kier alpha value is -2.92. The second kappa shape index (κ2) is 9.05. The molecule has 0 aliphatic rings. The van der Waals surface area contributed by atoms with Crippen molar-refractivity contribution in [3.05, 3.63) is 62.8 Å². The van der Waals surface area contributed by atoms with E-state index in [9.17, 15) is 9.59 Å². The average Bonchev–Trinajstić information content (AvgIpc) is 2.71. The number of aromatic nitrogens is 2. The van der Waals surface area contributed by atoms with Gasteiger partial charge >= 0.3 is 5.97 Å². The first-order valence-electron chi connectivity index (χ1n) is 8.16. The van der Waals surface area contributed by atoms with Gasteiger partial charge in [-0.25, -0.2) is 9.78 Å². The first kappa shape index (κ1) is 20.8. The maximum Gasteiger partial charge on any atom is 0.377 e. The molecule has 0 aliphatic carbocycles. The molecule has 148 valence electrons. The van der Waals surface area contributed by atoms with Crippen molar-refractivity contribution < 1.29 is 19.4 Å². The van der Waals surface area contributed by atoms with E-state index in [4.69, 9.17) is 21.4 Å². The molecule has 0 aliphatic heterocycles. The molecule has 1 aromatic heterocycles. The molecule has 1 heterocycles. The van der Waals surface area contributed by atoms with Crippen molar-refractivity contribution in [2.75, 3.05) is 17.7 Å². The van der Waals surface area contributed by atoms with Gasteiger partial charge in [0.05, 0.1) is 30.2 Å². The van der Waals surface area contributed by atoms with Gasteiger partial charge < -0.3 is 20.5 Å². The Kier molecular flexibility index (Phi) is 6.49. The summed E-state index contributed by atoms with van der Waals surface area (Å²) in [7, 11) is 1.56. The van der Waals surface area contributed by atoms with Crippen molar-refractivity contribution in [1.29, 1.82) is 0 Å². The Morgan fingerprint density at radius 3 is 2.62 bits per heavy atom. The van der Waals surface area contributed by atoms with Gasteiger partial charge in [-0.05, 0) is 52.9 Å². The second-order valence-electron chi connectivity index (χ2n) is 5.66. The van der Waals surface area contributed by atoms with Crippen molar-refractivity contribution in [1.82, 2.24) is 9.97 Å². The maximum absolute atomic E-state index is 11.9. The Morgan fingerprint density at radius 2 is 1.90 bits per heavy atom. The number of ketones is 1. The predicted molar refractivity (Wildman–Crippen MR) is 118 cm³/mol. The topological polar surface area (TPSA) is 113 Å². The lowest BCUT2D eigenvalue weighted by Crippen LogP contribution is -2.14. The van der Waals surface area contributed by atoms with Gasteiger partial charge in [-0.15, -0.1) is 0 Å². The van der Waals surface area contributed by atoms with Crippen LogP contribution < -0.4 is 15.4 Å². The Balaban J connectivity index is 1.92. The predicted octanol–water partition coefficient (Wildman–Crippen LogP) is 4.50. The third-order valence-electron chi connectivity index (χ3n) is 3.77. The zero-order valence-electron chi connectivity index (χ0n) is 14.9. The van der Waals surface area contributed by atoms with E-state index < -0.39 is 11.8 Å². The lowest BCUT2D eigenvalue weighted by molar-refractivity contribution is -0.131. The molecule has 0 spiro atoms. The molecule has 0 saturated carbocycles. The summed E-state index contributed by atoms with van der Waals surface area (Å²) in [5.74, 6) is -1.54. The molecule has 3 N–H and O–H groups in total. The summed E-state index contributed by atoms with van der Waals surface area (Å²) in [6.45, 7) is 0. The molecular weight excluding hydrogens is 511 g/mol. The Morgan fingerprint density at radius 1 is 1.14 bits per heavy atom. The van der Waals surface area contributed by atoms with Gasteiger partial charge in [0.25, 0.3) is 5.78 Å². The van der Waals surface area contributed by atoms with Crippen LogP contribution in [0.1, 0.15) is 10.4 Å². The van der Waals surface area contributed by atoms with Crippen molar-refractivity contribution in [2.24, 2.45) is 0 Å². The van der Waals surface area contributed by atoms with Crippen LogP contribution in [0.2, 0.25) is 5.02 Å². The molecule has 0 atom stereocenters. The van der Waals surface area contributed by atoms with E-state index in [2.05, 4.69) is 43.2 Å². The molecule has 3 aromatic rings. The van der Waals surface area contributed by atoms with Crippen LogP contribution in [0.5, 0.6) is 5.75 Å². The van der Waals surface area contributed by atoms with Gasteiger partial charge in [-0.2, -0.15) is 4.98 Å². The van der Waals surface area contributed by atoms with E-state index in [-0.39, 0.29) is 28.0 Å². The highest BCUT2D eigenvalue weighted by Gasteiger charge is 2.19. The minimum Gasteiger partial charge on any atom is -0.495 e. The van der Waals surface area contributed by atoms with Gasteiger partial charge in [-0.3, -0.25) is 4.79 Å². The molecule has 0 bridgehead atoms. The number of Topliss-reactive ketones (excluding diaryl/α,β-unsaturated/α-hetero) is 1. The number of carbonyl (C=O) groups is 2. The van der Waals surface area contributed by atoms with Crippen LogP contribution in [0, 0.1) is 3.57 Å². The number of anilines is 4. The first-order valence-corrected chi connectivity index (χ1v) is 9.61. The van der Waals surface area contributed by atoms with Crippen LogP contribution in [0.25, 0.3) is 0 Å². The van der Waals surface area contributed by atoms with E-state index in [1.54, 1.807) is 25.3 Å². The number of para-hydroxylation sites is 1. The molecule has 29 heavy (non-hydrogen) atoms. The number of carboxylic acid groups (broad SMARTS) is 1. The standard InChI is InChI=1S/C19H14ClIN4O4/c1-29-15-8-10(21)6-7-14(15)24-19-22-9-12(20)17(25-19)23-13-5-3-2-4-11(13)16(26)18(27)28/h2-9H,1H3,(H,27,28)(H2,22,23,24,25). The number of benzene rings is 2. The van der Waals surface area contributed by atoms with Gasteiger partial charge in [0.2, 0.25) is 5.95 Å². The monoisotopic (exact) mass is 524 g/mol. The number of carbonyl (C=O) groups excluding carboxylic acids is 1. The molecule has 0 fully saturated rings. The molecule has 0 saturated heterocycles. The van der Waals surface area contributed by atoms with E-state index in [1.165, 1.54) is 12.3 Å². The van der Waals surface area contributed by atoms with Crippen LogP contribution in [0.3, 0.4) is 0 Å². The summed E-state index contributed by atoms with van der Waals surface area (Å²) in [5.41, 5.74) is 0.907. The van der Waals surface area contributed by atoms with Crippen LogP contribution >= 0.6 is 34.2 Å². The van der Waals surface area contributed by atoms with Crippen LogP contribution in [-0.4, -0.2) is 33.9 Å². The quantitative estimate of drug-likeness (QED) is 0.235. The number of carboxylic acids is 1. The van der Waals surface area contributed by atoms with E-state index >= 15 is 0 Å². The van der Waals surface area contributed by atoms with Gasteiger partial charge in [0, 0.05) is 3.57 Å². The molecule has 2 aromatic carbocycles. The third-order valence-corrected chi connectivity index (χ3v) is 4.72. The number of methoxy groups -OCH3 is 1. The lowest BCUT2D eigenvalue weighted by Gasteiger charge is -2.13. The number of aliphatic carboxylic acids is 1. The highest BCUT2D eigenvalue weighted by Crippen LogP contribution is 2.30. The normalized spacial score (nSPS) is 10.3. The SMILES string of the molecule is COc1cc(I)ccc1Nc1ncc(Cl)c(Nc2ccccc2C(=O)C(=O)O)n1. The molecule has 3 rings (SSSR count). The minimum atomic E-state index is -1.55. The maximum atomic E-state index is 11.9. The number of rotatable bonds is 7. The smallest absolute Gasteiger partial charge is 0.377 e. The number of nitrogens with one attached hydrogen (secondary N) is 2. The summed E-state index contributed by atoms with van der Waals surface area (Å²) in [6.07, 6.45) is 1.39. The number of ether oxygens (including phenoxy) is 1. The van der Waals surface area contributed by atoms with Crippen molar-refractivity contribution in [2.45, 2.75) is 0 Å². The third kappa shape index (κ3) is 4.93. The molecule has 10 heteroatoms. The number of halogens is 2. The number of hydrogen-bond acceptors (Lipinski definition) is 7. The molecule has 0 amide bonds. The van der Waals surface area contributed by atoms with Gasteiger partial charge in [-0.1, -0.05) is 23.7 Å². The summed E-state index contributed by atoms with van der Waals surface area (Å²) >= 11 is 8.36. The zero-order valence-corrected chi connectivity index (χ0v) is 17.9. The Bertz CT molecular complexity index is 1090. The largest absolute Gasteiger partial charge is 0.495 e. The summed E-state index contributed by atoms with van der Waals surface area (Å²) in [4.78, 5) is 31.4. The first-order chi connectivity index (χ1) is 13.9. The highest BCUT2D eigenvalue weighted by molar-refractivity contribution is 14.1. The second-order valence-corrected chi connectivity index (χ2v) is 7.32. The van der Waals surface area contributed by atoms with Crippen molar-refractivity contribution in [3.63, 3.8) is 0 Å². The fraction of sp³-hybridized carbons (Fsp3) is 0.0526. The van der Waals surface area contributed by atoms with E-state index in [0.717, 1.165) is 3.57 Å². The molecular formula is C19H14ClIN4O4. The minimum absolute atomic E-state index is 0.0107. The molecule has 0 unspecified atom stereocenters. The number of nitrogens with zero attached hydrogens (tertiary/aromatic N) is 2. The fourth-order valence-corrected chi connectivity index (χ4v) is 3.04. The fourth-order valence-electron chi connectivity index (χ4n) is 2.44. The average molecular weight is 525 g/mol. The zero-order chi connectivity index (χ0) is 21.0.